The Kier molecular flexibility index (Phi) is 8.77. The molecule has 2 N–H and O–H groups in total. The van der Waals surface area contributed by atoms with Crippen molar-refractivity contribution in [1.82, 2.24) is 5.32 Å². The summed E-state index contributed by atoms with van der Waals surface area (Å²) >= 11 is 0. The molecule has 0 aliphatic heterocycles. The quantitative estimate of drug-likeness (QED) is 0.371. The number of hydrogen-bond donors (Lipinski definition) is 2. The number of carbonyl (C=O) groups is 3. The van der Waals surface area contributed by atoms with Crippen LogP contribution in [0.25, 0.3) is 0 Å². The Balaban J connectivity index is 2.24. The average molecular weight is 391 g/mol. The molecule has 0 aromatic rings. The first kappa shape index (κ1) is 22.6. The minimum atomic E-state index is -3.54. The Labute approximate surface area is 154 Å². The minimum Gasteiger partial charge on any atom is -0.427 e. The first-order valence-electron chi connectivity index (χ1n) is 8.90. The molecular weight excluding hydrogens is 361 g/mol. The summed E-state index contributed by atoms with van der Waals surface area (Å²) in [5.41, 5.74) is -0.712. The van der Waals surface area contributed by atoms with Crippen LogP contribution in [0.4, 0.5) is 4.79 Å². The molecule has 8 nitrogen and oxygen atoms in total. The molecule has 0 heterocycles. The van der Waals surface area contributed by atoms with Gasteiger partial charge in [-0.15, -0.1) is 0 Å². The van der Waals surface area contributed by atoms with E-state index in [2.05, 4.69) is 10.1 Å². The number of nitrogens with one attached hydrogen (secondary N) is 1. The van der Waals surface area contributed by atoms with Crippen molar-refractivity contribution < 1.29 is 33.3 Å². The van der Waals surface area contributed by atoms with Gasteiger partial charge >= 0.3 is 12.1 Å². The van der Waals surface area contributed by atoms with Gasteiger partial charge in [-0.05, 0) is 39.5 Å². The Morgan fingerprint density at radius 2 is 1.73 bits per heavy atom. The van der Waals surface area contributed by atoms with Gasteiger partial charge in [-0.2, -0.15) is 0 Å². The zero-order valence-electron chi connectivity index (χ0n) is 15.8. The number of ketones is 1. The van der Waals surface area contributed by atoms with Crippen LogP contribution >= 0.6 is 7.37 Å². The molecule has 9 heteroatoms. The summed E-state index contributed by atoms with van der Waals surface area (Å²) in [4.78, 5) is 44.8. The second kappa shape index (κ2) is 10.1. The third-order valence-corrected chi connectivity index (χ3v) is 6.05. The molecule has 1 atom stereocenters. The highest BCUT2D eigenvalue weighted by atomic mass is 31.2. The number of ether oxygens (including phenoxy) is 2. The number of alkyl carbamates (subject to hydrolysis) is 1. The molecule has 0 saturated heterocycles. The maximum Gasteiger partial charge on any atom is 0.410 e. The van der Waals surface area contributed by atoms with E-state index in [0.717, 1.165) is 32.1 Å². The highest BCUT2D eigenvalue weighted by molar-refractivity contribution is 7.59. The highest BCUT2D eigenvalue weighted by Gasteiger charge is 2.28. The van der Waals surface area contributed by atoms with E-state index in [1.807, 2.05) is 0 Å². The molecule has 1 fully saturated rings. The van der Waals surface area contributed by atoms with Crippen LogP contribution in [-0.2, 0) is 23.6 Å². The lowest BCUT2D eigenvalue weighted by Gasteiger charge is -2.23. The van der Waals surface area contributed by atoms with Gasteiger partial charge < -0.3 is 19.7 Å². The van der Waals surface area contributed by atoms with Crippen molar-refractivity contribution in [1.29, 1.82) is 0 Å². The van der Waals surface area contributed by atoms with Gasteiger partial charge in [-0.1, -0.05) is 19.3 Å². The van der Waals surface area contributed by atoms with Crippen LogP contribution in [0.2, 0.25) is 0 Å². The molecule has 0 bridgehead atoms. The van der Waals surface area contributed by atoms with Crippen molar-refractivity contribution in [3.05, 3.63) is 0 Å². The lowest BCUT2D eigenvalue weighted by atomic mass is 9.91. The van der Waals surface area contributed by atoms with Gasteiger partial charge in [0, 0.05) is 6.16 Å². The predicted molar refractivity (Wildman–Crippen MR) is 96.0 cm³/mol. The summed E-state index contributed by atoms with van der Waals surface area (Å²) in [6, 6.07) is 0. The molecule has 1 amide bonds. The molecule has 0 aromatic heterocycles. The van der Waals surface area contributed by atoms with Crippen molar-refractivity contribution in [3.63, 3.8) is 0 Å². The monoisotopic (exact) mass is 391 g/mol. The summed E-state index contributed by atoms with van der Waals surface area (Å²) in [7, 11) is -3.54. The van der Waals surface area contributed by atoms with Gasteiger partial charge in [0.1, 0.15) is 0 Å². The third kappa shape index (κ3) is 9.34. The topological polar surface area (TPSA) is 119 Å². The van der Waals surface area contributed by atoms with E-state index in [4.69, 9.17) is 4.74 Å². The van der Waals surface area contributed by atoms with Crippen LogP contribution in [-0.4, -0.2) is 48.4 Å². The fourth-order valence-electron chi connectivity index (χ4n) is 2.74. The first-order valence-corrected chi connectivity index (χ1v) is 10.9. The fraction of sp³-hybridized carbons (Fsp3) is 0.824. The minimum absolute atomic E-state index is 0.159. The highest BCUT2D eigenvalue weighted by Crippen LogP contribution is 2.45. The standard InChI is InChI=1S/C17H30NO7P/c1-17(2,3)15(20)24-12-25-16(21)18-9-14(19)11-26(22,23)10-13-7-5-4-6-8-13/h13H,4-12H2,1-3H3,(H,18,21)(H,22,23). The van der Waals surface area contributed by atoms with Gasteiger partial charge in [-0.3, -0.25) is 14.2 Å². The van der Waals surface area contributed by atoms with Crippen LogP contribution in [0.1, 0.15) is 52.9 Å². The Morgan fingerprint density at radius 3 is 2.31 bits per heavy atom. The molecule has 1 saturated carbocycles. The largest absolute Gasteiger partial charge is 0.427 e. The summed E-state index contributed by atoms with van der Waals surface area (Å²) in [6.45, 7) is 4.02. The third-order valence-electron chi connectivity index (χ3n) is 4.11. The molecule has 26 heavy (non-hydrogen) atoms. The van der Waals surface area contributed by atoms with Crippen LogP contribution in [0.3, 0.4) is 0 Å². The van der Waals surface area contributed by atoms with Crippen LogP contribution in [0, 0.1) is 11.3 Å². The maximum absolute atomic E-state index is 12.2. The number of hydrogen-bond acceptors (Lipinski definition) is 6. The maximum atomic E-state index is 12.2. The van der Waals surface area contributed by atoms with Crippen LogP contribution < -0.4 is 5.32 Å². The summed E-state index contributed by atoms with van der Waals surface area (Å²) in [6.07, 6.45) is 3.90. The van der Waals surface area contributed by atoms with E-state index in [0.29, 0.717) is 0 Å². The van der Waals surface area contributed by atoms with Crippen molar-refractivity contribution in [2.45, 2.75) is 52.9 Å². The van der Waals surface area contributed by atoms with Gasteiger partial charge in [0.25, 0.3) is 0 Å². The SMILES string of the molecule is CC(C)(C)C(=O)OCOC(=O)NCC(=O)CP(=O)(O)CC1CCCCC1. The molecule has 1 aliphatic rings. The number of carbonyl (C=O) groups excluding carboxylic acids is 3. The summed E-state index contributed by atoms with van der Waals surface area (Å²) in [5, 5.41) is 2.19. The fourth-order valence-corrected chi connectivity index (χ4v) is 4.71. The number of esters is 1. The van der Waals surface area contributed by atoms with Crippen LogP contribution in [0.15, 0.2) is 0 Å². The molecule has 0 spiro atoms. The second-order valence-electron chi connectivity index (χ2n) is 7.81. The molecular formula is C17H30NO7P. The predicted octanol–water partition coefficient (Wildman–Crippen LogP) is 2.68. The van der Waals surface area contributed by atoms with E-state index in [-0.39, 0.29) is 12.1 Å². The lowest BCUT2D eigenvalue weighted by Crippen LogP contribution is -2.33. The molecule has 150 valence electrons. The number of rotatable bonds is 8. The molecule has 1 rings (SSSR count). The summed E-state index contributed by atoms with van der Waals surface area (Å²) in [5.74, 6) is -0.858. The Hall–Kier alpha value is -1.40. The molecule has 1 unspecified atom stereocenters. The van der Waals surface area contributed by atoms with Crippen molar-refractivity contribution >= 4 is 25.2 Å². The molecule has 0 radical (unpaired) electrons. The first-order chi connectivity index (χ1) is 12.0. The number of amides is 1. The van der Waals surface area contributed by atoms with Gasteiger partial charge in [-0.25, -0.2) is 4.79 Å². The van der Waals surface area contributed by atoms with E-state index in [1.165, 1.54) is 0 Å². The number of Topliss-reactive ketones (excluding diaryl/α,β-unsaturated/α-hetero) is 1. The second-order valence-corrected chi connectivity index (χ2v) is 10.2. The zero-order chi connectivity index (χ0) is 19.8. The van der Waals surface area contributed by atoms with Gasteiger partial charge in [0.2, 0.25) is 14.2 Å². The smallest absolute Gasteiger partial charge is 0.410 e. The Bertz CT molecular complexity index is 550. The van der Waals surface area contributed by atoms with Crippen molar-refractivity contribution in [2.24, 2.45) is 11.3 Å². The average Bonchev–Trinajstić information content (AvgIpc) is 2.52. The van der Waals surface area contributed by atoms with Crippen molar-refractivity contribution in [2.75, 3.05) is 25.7 Å². The van der Waals surface area contributed by atoms with Crippen molar-refractivity contribution in [3.8, 4) is 0 Å². The Morgan fingerprint density at radius 1 is 1.12 bits per heavy atom. The molecule has 1 aliphatic carbocycles. The van der Waals surface area contributed by atoms with Gasteiger partial charge in [0.05, 0.1) is 18.1 Å². The van der Waals surface area contributed by atoms with E-state index >= 15 is 0 Å². The van der Waals surface area contributed by atoms with Gasteiger partial charge in [0.15, 0.2) is 5.78 Å². The zero-order valence-corrected chi connectivity index (χ0v) is 16.7. The van der Waals surface area contributed by atoms with E-state index in [9.17, 15) is 23.8 Å². The van der Waals surface area contributed by atoms with E-state index in [1.54, 1.807) is 20.8 Å². The normalized spacial score (nSPS) is 17.8. The summed E-state index contributed by atoms with van der Waals surface area (Å²) < 4.78 is 21.6. The van der Waals surface area contributed by atoms with E-state index < -0.39 is 50.1 Å². The molecule has 0 aromatic carbocycles. The van der Waals surface area contributed by atoms with Crippen LogP contribution in [0.5, 0.6) is 0 Å². The lowest BCUT2D eigenvalue weighted by molar-refractivity contribution is -0.161.